The van der Waals surface area contributed by atoms with Gasteiger partial charge in [-0.1, -0.05) is 11.9 Å². The molecule has 1 amide bonds. The second-order valence-corrected chi connectivity index (χ2v) is 10.0. The Kier molecular flexibility index (Phi) is 7.17. The molecule has 0 atom stereocenters. The monoisotopic (exact) mass is 511 g/mol. The number of halogens is 1. The highest BCUT2D eigenvalue weighted by molar-refractivity contribution is 7.96. The summed E-state index contributed by atoms with van der Waals surface area (Å²) in [6.07, 6.45) is 2.09. The minimum absolute atomic E-state index is 0.105. The van der Waals surface area contributed by atoms with Crippen LogP contribution in [-0.4, -0.2) is 80.8 Å². The first-order valence-electron chi connectivity index (χ1n) is 12.1. The van der Waals surface area contributed by atoms with Gasteiger partial charge < -0.3 is 24.4 Å². The predicted molar refractivity (Wildman–Crippen MR) is 144 cm³/mol. The maximum atomic E-state index is 14.4. The number of benzene rings is 2. The zero-order valence-corrected chi connectivity index (χ0v) is 21.3. The average molecular weight is 512 g/mol. The van der Waals surface area contributed by atoms with Gasteiger partial charge in [-0.15, -0.1) is 0 Å². The molecule has 1 aromatic heterocycles. The molecule has 8 nitrogen and oxygen atoms in total. The lowest BCUT2D eigenvalue weighted by molar-refractivity contribution is 0.0997. The minimum Gasteiger partial charge on any atom is -0.448 e. The van der Waals surface area contributed by atoms with Gasteiger partial charge in [-0.2, -0.15) is 0 Å². The van der Waals surface area contributed by atoms with Crippen molar-refractivity contribution in [2.45, 2.75) is 0 Å². The summed E-state index contributed by atoms with van der Waals surface area (Å²) in [7, 11) is 2.03. The summed E-state index contributed by atoms with van der Waals surface area (Å²) in [5.41, 5.74) is 1.99. The molecule has 3 heterocycles. The third-order valence-electron chi connectivity index (χ3n) is 6.83. The number of fused-ring (bicyclic) bond motifs is 1. The number of likely N-dealkylation sites (N-methyl/N-ethyl adjacent to an activating group) is 1. The molecule has 2 aliphatic heterocycles. The van der Waals surface area contributed by atoms with E-state index in [9.17, 15) is 14.0 Å². The molecule has 10 heteroatoms. The van der Waals surface area contributed by atoms with Crippen LogP contribution >= 0.6 is 11.9 Å². The Morgan fingerprint density at radius 2 is 1.61 bits per heavy atom. The predicted octanol–water partition coefficient (Wildman–Crippen LogP) is 3.34. The molecular formula is C26H30FN5O3S. The van der Waals surface area contributed by atoms with Crippen molar-refractivity contribution in [1.82, 2.24) is 9.21 Å². The number of rotatable bonds is 5. The average Bonchev–Trinajstić information content (AvgIpc) is 2.89. The van der Waals surface area contributed by atoms with Crippen molar-refractivity contribution in [2.24, 2.45) is 0 Å². The molecule has 36 heavy (non-hydrogen) atoms. The Balaban J connectivity index is 1.36. The van der Waals surface area contributed by atoms with E-state index in [4.69, 9.17) is 4.42 Å². The largest absolute Gasteiger partial charge is 0.448 e. The number of carbonyl (C=O) groups is 1. The van der Waals surface area contributed by atoms with Crippen molar-refractivity contribution in [2.75, 3.05) is 80.8 Å². The van der Waals surface area contributed by atoms with Gasteiger partial charge in [-0.25, -0.2) is 8.70 Å². The van der Waals surface area contributed by atoms with Crippen molar-refractivity contribution in [3.63, 3.8) is 0 Å². The molecule has 1 N–H and O–H groups in total. The molecular weight excluding hydrogens is 481 g/mol. The molecule has 190 valence electrons. The van der Waals surface area contributed by atoms with E-state index >= 15 is 0 Å². The topological polar surface area (TPSA) is 72.3 Å². The molecule has 0 unspecified atom stereocenters. The van der Waals surface area contributed by atoms with Gasteiger partial charge in [0.1, 0.15) is 5.82 Å². The fraction of sp³-hybridized carbons (Fsp3) is 0.385. The molecule has 0 bridgehead atoms. The van der Waals surface area contributed by atoms with Crippen molar-refractivity contribution >= 4 is 45.9 Å². The van der Waals surface area contributed by atoms with Gasteiger partial charge in [0, 0.05) is 75.9 Å². The fourth-order valence-corrected chi connectivity index (χ4v) is 5.21. The van der Waals surface area contributed by atoms with Crippen LogP contribution in [0.2, 0.25) is 0 Å². The fourth-order valence-electron chi connectivity index (χ4n) is 4.68. The highest BCUT2D eigenvalue weighted by Crippen LogP contribution is 2.29. The highest BCUT2D eigenvalue weighted by atomic mass is 32.2. The number of nitrogens with zero attached hydrogens (tertiary/aromatic N) is 4. The van der Waals surface area contributed by atoms with Gasteiger partial charge >= 0.3 is 0 Å². The first kappa shape index (κ1) is 24.6. The lowest BCUT2D eigenvalue weighted by atomic mass is 10.1. The molecule has 3 aromatic rings. The number of hydrogen-bond donors (Lipinski definition) is 1. The summed E-state index contributed by atoms with van der Waals surface area (Å²) in [6, 6.07) is 11.3. The zero-order chi connectivity index (χ0) is 25.2. The van der Waals surface area contributed by atoms with Crippen LogP contribution in [0, 0.1) is 5.82 Å². The number of anilines is 3. The van der Waals surface area contributed by atoms with Crippen LogP contribution in [0.15, 0.2) is 51.7 Å². The smallest absolute Gasteiger partial charge is 0.291 e. The number of piperazine rings is 2. The Bertz CT molecular complexity index is 1300. The molecule has 0 radical (unpaired) electrons. The van der Waals surface area contributed by atoms with Gasteiger partial charge in [-0.3, -0.25) is 9.59 Å². The van der Waals surface area contributed by atoms with E-state index in [1.807, 2.05) is 36.2 Å². The second-order valence-electron chi connectivity index (χ2n) is 9.17. The lowest BCUT2D eigenvalue weighted by Gasteiger charge is -2.34. The number of nitrogens with one attached hydrogen (secondary N) is 1. The van der Waals surface area contributed by atoms with Crippen LogP contribution < -0.4 is 20.5 Å². The SMILES string of the molecule is CSN1CCN(c2ccc(NC(=O)c3cc(=O)c4cc(F)cc(N5CCN(C)CC5)c4o3)cc2)CC1. The second kappa shape index (κ2) is 10.5. The Morgan fingerprint density at radius 1 is 0.944 bits per heavy atom. The van der Waals surface area contributed by atoms with Crippen LogP contribution in [0.4, 0.5) is 21.5 Å². The first-order chi connectivity index (χ1) is 17.4. The third-order valence-corrected chi connectivity index (χ3v) is 7.71. The minimum atomic E-state index is -0.524. The Labute approximate surface area is 213 Å². The van der Waals surface area contributed by atoms with Gasteiger partial charge in [0.25, 0.3) is 5.91 Å². The van der Waals surface area contributed by atoms with Crippen molar-refractivity contribution in [3.05, 3.63) is 64.3 Å². The van der Waals surface area contributed by atoms with Crippen LogP contribution in [0.5, 0.6) is 0 Å². The molecule has 0 saturated carbocycles. The van der Waals surface area contributed by atoms with Crippen molar-refractivity contribution in [1.29, 1.82) is 0 Å². The molecule has 2 fully saturated rings. The summed E-state index contributed by atoms with van der Waals surface area (Å²) >= 11 is 1.77. The zero-order valence-electron chi connectivity index (χ0n) is 20.5. The summed E-state index contributed by atoms with van der Waals surface area (Å²) < 4.78 is 22.6. The first-order valence-corrected chi connectivity index (χ1v) is 13.3. The normalized spacial score (nSPS) is 17.5. The number of hydrogen-bond acceptors (Lipinski definition) is 8. The summed E-state index contributed by atoms with van der Waals surface area (Å²) in [6.45, 7) is 6.87. The van der Waals surface area contributed by atoms with Crippen molar-refractivity contribution < 1.29 is 13.6 Å². The summed E-state index contributed by atoms with van der Waals surface area (Å²) in [5, 5.41) is 2.95. The number of carbonyl (C=O) groups excluding carboxylic acids is 1. The van der Waals surface area contributed by atoms with E-state index in [2.05, 4.69) is 25.7 Å². The standard InChI is InChI=1S/C26H30FN5O3S/c1-29-7-9-31(10-8-29)22-16-18(27)15-21-23(33)17-24(35-25(21)22)26(34)28-19-3-5-20(6-4-19)30-11-13-32(36-2)14-12-30/h3-6,15-17H,7-14H2,1-2H3,(H,28,34). The van der Waals surface area contributed by atoms with Gasteiger partial charge in [0.2, 0.25) is 0 Å². The summed E-state index contributed by atoms with van der Waals surface area (Å²) in [4.78, 5) is 32.3. The van der Waals surface area contributed by atoms with E-state index in [1.165, 1.54) is 12.1 Å². The quantitative estimate of drug-likeness (QED) is 0.523. The van der Waals surface area contributed by atoms with Crippen LogP contribution in [0.25, 0.3) is 11.0 Å². The van der Waals surface area contributed by atoms with Gasteiger partial charge in [0.15, 0.2) is 16.8 Å². The molecule has 5 rings (SSSR count). The van der Waals surface area contributed by atoms with Gasteiger partial charge in [-0.05, 0) is 43.6 Å². The van der Waals surface area contributed by atoms with E-state index in [0.717, 1.165) is 51.0 Å². The Morgan fingerprint density at radius 3 is 2.28 bits per heavy atom. The Hall–Kier alpha value is -3.08. The summed E-state index contributed by atoms with van der Waals surface area (Å²) in [5.74, 6) is -1.13. The van der Waals surface area contributed by atoms with Crippen LogP contribution in [0.3, 0.4) is 0 Å². The van der Waals surface area contributed by atoms with E-state index in [1.54, 1.807) is 11.9 Å². The highest BCUT2D eigenvalue weighted by Gasteiger charge is 2.22. The molecule has 0 aliphatic carbocycles. The van der Waals surface area contributed by atoms with E-state index in [0.29, 0.717) is 24.5 Å². The van der Waals surface area contributed by atoms with Gasteiger partial charge in [0.05, 0.1) is 11.1 Å². The third kappa shape index (κ3) is 5.21. The lowest BCUT2D eigenvalue weighted by Crippen LogP contribution is -2.44. The molecule has 2 aliphatic rings. The molecule has 2 saturated heterocycles. The van der Waals surface area contributed by atoms with E-state index in [-0.39, 0.29) is 16.7 Å². The maximum absolute atomic E-state index is 14.4. The molecule has 2 aromatic carbocycles. The molecule has 0 spiro atoms. The maximum Gasteiger partial charge on any atom is 0.291 e. The van der Waals surface area contributed by atoms with E-state index < -0.39 is 17.2 Å². The van der Waals surface area contributed by atoms with Crippen molar-refractivity contribution in [3.8, 4) is 0 Å². The number of amides is 1. The van der Waals surface area contributed by atoms with Crippen LogP contribution in [0.1, 0.15) is 10.6 Å². The van der Waals surface area contributed by atoms with Crippen LogP contribution in [-0.2, 0) is 0 Å².